The van der Waals surface area contributed by atoms with Crippen LogP contribution in [0.15, 0.2) is 114 Å². The van der Waals surface area contributed by atoms with E-state index < -0.39 is 5.92 Å². The molecule has 1 atom stereocenters. The number of nitrogens with zero attached hydrogens (tertiary/aromatic N) is 1. The Morgan fingerprint density at radius 1 is 0.714 bits per heavy atom. The molecule has 1 heterocycles. The highest BCUT2D eigenvalue weighted by Gasteiger charge is 2.29. The van der Waals surface area contributed by atoms with Crippen molar-refractivity contribution in [2.45, 2.75) is 12.8 Å². The molecule has 5 aromatic carbocycles. The topological polar surface area (TPSA) is 58.0 Å². The SMILES string of the molecule is Cc1[nH]n(-c2ccccc2)c(=O)c1C(c1ccc2ccccc2c1)c1c(O)ccc2ccccc12. The monoisotopic (exact) mass is 456 g/mol. The second kappa shape index (κ2) is 8.33. The summed E-state index contributed by atoms with van der Waals surface area (Å²) in [5.41, 5.74) is 3.72. The highest BCUT2D eigenvalue weighted by molar-refractivity contribution is 5.90. The minimum absolute atomic E-state index is 0.126. The normalized spacial score (nSPS) is 12.3. The number of hydrogen-bond acceptors (Lipinski definition) is 2. The molecule has 0 bridgehead atoms. The van der Waals surface area contributed by atoms with Crippen LogP contribution in [0.1, 0.15) is 28.3 Å². The van der Waals surface area contributed by atoms with Gasteiger partial charge in [-0.25, -0.2) is 4.68 Å². The minimum Gasteiger partial charge on any atom is -0.508 e. The Labute approximate surface area is 202 Å². The van der Waals surface area contributed by atoms with Gasteiger partial charge in [0.2, 0.25) is 0 Å². The van der Waals surface area contributed by atoms with Crippen molar-refractivity contribution in [3.8, 4) is 11.4 Å². The molecular formula is C31H24N2O2. The number of aromatic amines is 1. The van der Waals surface area contributed by atoms with Gasteiger partial charge in [-0.2, -0.15) is 0 Å². The Morgan fingerprint density at radius 2 is 1.37 bits per heavy atom. The Kier molecular flexibility index (Phi) is 5.00. The molecule has 170 valence electrons. The summed E-state index contributed by atoms with van der Waals surface area (Å²) in [4.78, 5) is 13.9. The quantitative estimate of drug-likeness (QED) is 0.311. The number of H-pyrrole nitrogens is 1. The van der Waals surface area contributed by atoms with Gasteiger partial charge in [-0.1, -0.05) is 91.0 Å². The van der Waals surface area contributed by atoms with Crippen molar-refractivity contribution in [1.29, 1.82) is 0 Å². The number of fused-ring (bicyclic) bond motifs is 2. The van der Waals surface area contributed by atoms with E-state index >= 15 is 0 Å². The maximum absolute atomic E-state index is 13.9. The number of benzene rings is 5. The first-order valence-electron chi connectivity index (χ1n) is 11.7. The van der Waals surface area contributed by atoms with E-state index in [-0.39, 0.29) is 11.3 Å². The summed E-state index contributed by atoms with van der Waals surface area (Å²) in [6, 6.07) is 35.6. The zero-order valence-corrected chi connectivity index (χ0v) is 19.3. The average Bonchev–Trinajstić information content (AvgIpc) is 3.19. The van der Waals surface area contributed by atoms with Crippen molar-refractivity contribution in [3.63, 3.8) is 0 Å². The maximum Gasteiger partial charge on any atom is 0.275 e. The smallest absolute Gasteiger partial charge is 0.275 e. The van der Waals surface area contributed by atoms with Gasteiger partial charge >= 0.3 is 0 Å². The number of para-hydroxylation sites is 1. The second-order valence-electron chi connectivity index (χ2n) is 8.89. The van der Waals surface area contributed by atoms with Crippen LogP contribution in [0.4, 0.5) is 0 Å². The highest BCUT2D eigenvalue weighted by atomic mass is 16.3. The summed E-state index contributed by atoms with van der Waals surface area (Å²) in [7, 11) is 0. The highest BCUT2D eigenvalue weighted by Crippen LogP contribution is 2.41. The molecule has 0 aliphatic rings. The van der Waals surface area contributed by atoms with Gasteiger partial charge in [-0.05, 0) is 52.2 Å². The zero-order chi connectivity index (χ0) is 23.9. The number of aromatic nitrogens is 2. The fourth-order valence-corrected chi connectivity index (χ4v) is 5.11. The lowest BCUT2D eigenvalue weighted by atomic mass is 9.81. The van der Waals surface area contributed by atoms with Crippen LogP contribution < -0.4 is 5.56 Å². The first-order chi connectivity index (χ1) is 17.1. The Balaban J connectivity index is 1.68. The lowest BCUT2D eigenvalue weighted by molar-refractivity contribution is 0.468. The molecule has 0 fully saturated rings. The predicted octanol–water partition coefficient (Wildman–Crippen LogP) is 6.67. The molecule has 0 aliphatic carbocycles. The number of aromatic hydroxyl groups is 1. The zero-order valence-electron chi connectivity index (χ0n) is 19.3. The van der Waals surface area contributed by atoms with Crippen molar-refractivity contribution >= 4 is 21.5 Å². The summed E-state index contributed by atoms with van der Waals surface area (Å²) in [6.07, 6.45) is 0. The molecule has 0 amide bonds. The van der Waals surface area contributed by atoms with E-state index in [2.05, 4.69) is 35.4 Å². The van der Waals surface area contributed by atoms with E-state index in [1.807, 2.05) is 79.7 Å². The van der Waals surface area contributed by atoms with E-state index in [1.54, 1.807) is 10.7 Å². The molecule has 0 radical (unpaired) electrons. The molecule has 0 aliphatic heterocycles. The van der Waals surface area contributed by atoms with Crippen molar-refractivity contribution in [1.82, 2.24) is 9.78 Å². The van der Waals surface area contributed by atoms with Gasteiger partial charge < -0.3 is 5.11 Å². The molecule has 35 heavy (non-hydrogen) atoms. The number of phenolic OH excluding ortho intramolecular Hbond substituents is 1. The fraction of sp³-hybridized carbons (Fsp3) is 0.0645. The van der Waals surface area contributed by atoms with Crippen LogP contribution in [0.2, 0.25) is 0 Å². The first kappa shape index (κ1) is 21.0. The molecule has 0 saturated heterocycles. The van der Waals surface area contributed by atoms with Gasteiger partial charge in [0, 0.05) is 17.2 Å². The van der Waals surface area contributed by atoms with Gasteiger partial charge in [0.1, 0.15) is 5.75 Å². The predicted molar refractivity (Wildman–Crippen MR) is 142 cm³/mol. The minimum atomic E-state index is -0.459. The number of phenols is 1. The molecule has 2 N–H and O–H groups in total. The van der Waals surface area contributed by atoms with E-state index in [0.29, 0.717) is 5.56 Å². The molecule has 6 aromatic rings. The summed E-state index contributed by atoms with van der Waals surface area (Å²) < 4.78 is 1.58. The summed E-state index contributed by atoms with van der Waals surface area (Å²) in [5.74, 6) is -0.285. The van der Waals surface area contributed by atoms with Gasteiger partial charge in [0.25, 0.3) is 5.56 Å². The van der Waals surface area contributed by atoms with Gasteiger partial charge in [0.15, 0.2) is 0 Å². The Bertz CT molecular complexity index is 1750. The molecule has 1 unspecified atom stereocenters. The van der Waals surface area contributed by atoms with Crippen molar-refractivity contribution in [3.05, 3.63) is 142 Å². The van der Waals surface area contributed by atoms with E-state index in [0.717, 1.165) is 44.1 Å². The third-order valence-electron chi connectivity index (χ3n) is 6.76. The van der Waals surface area contributed by atoms with Crippen LogP contribution in [0, 0.1) is 6.92 Å². The number of nitrogens with one attached hydrogen (secondary N) is 1. The molecule has 0 saturated carbocycles. The molecule has 0 spiro atoms. The Hall–Kier alpha value is -4.57. The van der Waals surface area contributed by atoms with Crippen molar-refractivity contribution < 1.29 is 5.11 Å². The van der Waals surface area contributed by atoms with Crippen molar-refractivity contribution in [2.75, 3.05) is 0 Å². The van der Waals surface area contributed by atoms with Crippen LogP contribution in [0.3, 0.4) is 0 Å². The Morgan fingerprint density at radius 3 is 2.17 bits per heavy atom. The molecule has 1 aromatic heterocycles. The number of aryl methyl sites for hydroxylation is 1. The maximum atomic E-state index is 13.9. The molecular weight excluding hydrogens is 432 g/mol. The van der Waals surface area contributed by atoms with Crippen LogP contribution in [0.25, 0.3) is 27.2 Å². The van der Waals surface area contributed by atoms with Crippen LogP contribution in [0.5, 0.6) is 5.75 Å². The summed E-state index contributed by atoms with van der Waals surface area (Å²) >= 11 is 0. The van der Waals surface area contributed by atoms with Crippen LogP contribution in [-0.2, 0) is 0 Å². The van der Waals surface area contributed by atoms with Crippen LogP contribution >= 0.6 is 0 Å². The van der Waals surface area contributed by atoms with Crippen molar-refractivity contribution in [2.24, 2.45) is 0 Å². The standard InChI is InChI=1S/C31H24N2O2/c1-20-28(31(35)33(32-20)25-12-3-2-4-13-25)29(24-16-15-21-9-5-6-11-23(21)19-24)30-26-14-8-7-10-22(26)17-18-27(30)34/h2-19,29,32,34H,1H3. The number of rotatable bonds is 4. The molecule has 4 heteroatoms. The average molecular weight is 457 g/mol. The van der Waals surface area contributed by atoms with E-state index in [1.165, 1.54) is 0 Å². The summed E-state index contributed by atoms with van der Waals surface area (Å²) in [6.45, 7) is 1.92. The van der Waals surface area contributed by atoms with Crippen LogP contribution in [-0.4, -0.2) is 14.9 Å². The molecule has 6 rings (SSSR count). The van der Waals surface area contributed by atoms with Gasteiger partial charge in [-0.3, -0.25) is 9.89 Å². The third kappa shape index (κ3) is 3.51. The summed E-state index contributed by atoms with van der Waals surface area (Å²) in [5, 5.41) is 18.6. The lowest BCUT2D eigenvalue weighted by Crippen LogP contribution is -2.21. The number of hydrogen-bond donors (Lipinski definition) is 2. The van der Waals surface area contributed by atoms with Gasteiger partial charge in [-0.15, -0.1) is 0 Å². The van der Waals surface area contributed by atoms with E-state index in [9.17, 15) is 9.90 Å². The van der Waals surface area contributed by atoms with E-state index in [4.69, 9.17) is 0 Å². The second-order valence-corrected chi connectivity index (χ2v) is 8.89. The lowest BCUT2D eigenvalue weighted by Gasteiger charge is -2.21. The fourth-order valence-electron chi connectivity index (χ4n) is 5.11. The molecule has 4 nitrogen and oxygen atoms in total. The third-order valence-corrected chi connectivity index (χ3v) is 6.76. The largest absolute Gasteiger partial charge is 0.508 e. The first-order valence-corrected chi connectivity index (χ1v) is 11.7. The van der Waals surface area contributed by atoms with Gasteiger partial charge in [0.05, 0.1) is 11.3 Å².